The van der Waals surface area contributed by atoms with Gasteiger partial charge in [-0.15, -0.1) is 0 Å². The summed E-state index contributed by atoms with van der Waals surface area (Å²) in [5.41, 5.74) is 1.31. The summed E-state index contributed by atoms with van der Waals surface area (Å²) in [7, 11) is 0. The van der Waals surface area contributed by atoms with E-state index in [9.17, 15) is 22.0 Å². The van der Waals surface area contributed by atoms with Crippen LogP contribution in [-0.2, 0) is 0 Å². The summed E-state index contributed by atoms with van der Waals surface area (Å²) in [6.45, 7) is 4.78. The summed E-state index contributed by atoms with van der Waals surface area (Å²) in [6.07, 6.45) is 13.7. The van der Waals surface area contributed by atoms with E-state index in [1.54, 1.807) is 0 Å². The van der Waals surface area contributed by atoms with Crippen molar-refractivity contribution in [3.05, 3.63) is 61.2 Å². The first-order valence-corrected chi connectivity index (χ1v) is 20.8. The zero-order valence-electron chi connectivity index (χ0n) is 21.6. The van der Waals surface area contributed by atoms with Crippen LogP contribution in [0.5, 0.6) is 5.75 Å². The van der Waals surface area contributed by atoms with Gasteiger partial charge in [-0.1, -0.05) is 88.8 Å². The predicted molar refractivity (Wildman–Crippen MR) is 135 cm³/mol. The first kappa shape index (κ1) is 34.4. The number of halogens is 7. The zero-order chi connectivity index (χ0) is 27.9. The topological polar surface area (TPSA) is 29.5 Å². The van der Waals surface area contributed by atoms with Crippen LogP contribution in [0.2, 0.25) is 0 Å². The number of rotatable bonds is 16. The van der Waals surface area contributed by atoms with Crippen LogP contribution in [-0.4, -0.2) is 37.3 Å². The number of hydrogen-bond acceptors (Lipinski definition) is 2. The van der Waals surface area contributed by atoms with Gasteiger partial charge in [0.25, 0.3) is 0 Å². The Morgan fingerprint density at radius 2 is 1.11 bits per heavy atom. The molecular formula is C27H40F6IO2Sb. The molecule has 37 heavy (non-hydrogen) atoms. The van der Waals surface area contributed by atoms with Gasteiger partial charge in [0.15, 0.2) is 7.14 Å². The molecular weight excluding hydrogens is 719 g/mol. The van der Waals surface area contributed by atoms with Gasteiger partial charge in [-0.2, -0.15) is 0 Å². The molecule has 2 rings (SSSR count). The van der Waals surface area contributed by atoms with Gasteiger partial charge in [0.05, 0.1) is 6.10 Å². The zero-order valence-corrected chi connectivity index (χ0v) is 26.3. The van der Waals surface area contributed by atoms with Crippen LogP contribution in [0, 0.1) is 14.1 Å². The average Bonchev–Trinajstić information content (AvgIpc) is 2.79. The molecule has 1 unspecified atom stereocenters. The molecule has 0 aliphatic heterocycles. The quantitative estimate of drug-likeness (QED) is 0.0942. The molecule has 2 nitrogen and oxygen atoms in total. The van der Waals surface area contributed by atoms with Crippen molar-refractivity contribution in [2.75, 3.05) is 6.61 Å². The fourth-order valence-corrected chi connectivity index (χ4v) is 5.62. The van der Waals surface area contributed by atoms with E-state index in [-0.39, 0.29) is 27.3 Å². The number of ether oxygens (including phenoxy) is 1. The van der Waals surface area contributed by atoms with E-state index >= 15 is 0 Å². The van der Waals surface area contributed by atoms with Gasteiger partial charge in [0.1, 0.15) is 12.4 Å². The Hall–Kier alpha value is -0.672. The van der Waals surface area contributed by atoms with Crippen LogP contribution >= 0.6 is 0 Å². The molecule has 0 aliphatic rings. The molecule has 0 spiro atoms. The van der Waals surface area contributed by atoms with Crippen LogP contribution in [0.1, 0.15) is 83.1 Å². The molecule has 0 bridgehead atoms. The minimum atomic E-state index is -11.2. The molecule has 1 atom stereocenters. The average molecular weight is 759 g/mol. The van der Waals surface area contributed by atoms with Crippen LogP contribution < -0.4 is 25.9 Å². The van der Waals surface area contributed by atoms with Crippen LogP contribution in [0.15, 0.2) is 48.5 Å². The number of aryl methyl sites for hydroxylation is 1. The molecule has 0 radical (unpaired) electrons. The molecule has 2 aromatic rings. The van der Waals surface area contributed by atoms with Gasteiger partial charge in [0, 0.05) is 0 Å². The van der Waals surface area contributed by atoms with E-state index in [1.807, 2.05) is 12.1 Å². The Morgan fingerprint density at radius 1 is 0.703 bits per heavy atom. The number of benzene rings is 2. The Kier molecular flexibility index (Phi) is 14.7. The van der Waals surface area contributed by atoms with E-state index in [2.05, 4.69) is 50.2 Å². The van der Waals surface area contributed by atoms with Crippen molar-refractivity contribution in [2.24, 2.45) is 0 Å². The molecule has 10 heteroatoms. The van der Waals surface area contributed by atoms with Crippen molar-refractivity contribution >= 4 is 19.5 Å². The van der Waals surface area contributed by atoms with Gasteiger partial charge in [0.2, 0.25) is 0 Å². The Bertz CT molecular complexity index is 864. The molecule has 2 aromatic carbocycles. The van der Waals surface area contributed by atoms with Crippen LogP contribution in [0.25, 0.3) is 0 Å². The maximum absolute atomic E-state index is 11.2. The third-order valence-electron chi connectivity index (χ3n) is 5.38. The molecule has 0 saturated carbocycles. The van der Waals surface area contributed by atoms with E-state index in [0.29, 0.717) is 6.61 Å². The number of aliphatic hydroxyl groups is 1. The summed E-state index contributed by atoms with van der Waals surface area (Å²) in [4.78, 5) is 0. The van der Waals surface area contributed by atoms with Gasteiger partial charge in [-0.25, -0.2) is 0 Å². The standard InChI is InChI=1S/C27H40IO2.6FH.Sb/c1-3-4-5-6-7-8-9-10-11-12-13-26(29)22-30-27-20-18-25(19-21-27)28-24-16-14-23(2)15-17-24;;;;;;;/h14-21,26,29H,3-13,22H2,1-2H3;6*1H;/q+1;;;;;;;+5/p-6. The summed E-state index contributed by atoms with van der Waals surface area (Å²) >= 11 is -11.4. The molecule has 0 aromatic heterocycles. The Labute approximate surface area is 230 Å². The molecule has 0 heterocycles. The summed E-state index contributed by atoms with van der Waals surface area (Å²) in [6, 6.07) is 17.2. The SMILES string of the molecule is CCCCCCCCCCCCC(O)COc1ccc([I+]c2ccc(C)cc2)cc1.[F][Sb-]([F])([F])([F])([F])[F]. The second-order valence-electron chi connectivity index (χ2n) is 9.24. The third-order valence-corrected chi connectivity index (χ3v) is 8.06. The molecule has 0 amide bonds. The van der Waals surface area contributed by atoms with Gasteiger partial charge in [-0.3, -0.25) is 0 Å². The van der Waals surface area contributed by atoms with Crippen LogP contribution in [0.4, 0.5) is 16.9 Å². The first-order valence-electron chi connectivity index (χ1n) is 12.8. The van der Waals surface area contributed by atoms with E-state index in [1.165, 1.54) is 70.5 Å². The van der Waals surface area contributed by atoms with Gasteiger partial charge < -0.3 is 9.84 Å². The fraction of sp³-hybridized carbons (Fsp3) is 0.556. The van der Waals surface area contributed by atoms with Gasteiger partial charge in [-0.05, 0) is 49.7 Å². The maximum atomic E-state index is 10.2. The van der Waals surface area contributed by atoms with Gasteiger partial charge >= 0.3 is 57.6 Å². The molecule has 1 N–H and O–H groups in total. The first-order chi connectivity index (χ1) is 17.1. The van der Waals surface area contributed by atoms with Crippen molar-refractivity contribution < 1.29 is 47.9 Å². The van der Waals surface area contributed by atoms with Crippen molar-refractivity contribution in [3.63, 3.8) is 0 Å². The van der Waals surface area contributed by atoms with Crippen LogP contribution in [0.3, 0.4) is 0 Å². The van der Waals surface area contributed by atoms with E-state index < -0.39 is 19.5 Å². The summed E-state index contributed by atoms with van der Waals surface area (Å²) in [5.74, 6) is 0.855. The molecule has 0 fully saturated rings. The van der Waals surface area contributed by atoms with Crippen molar-refractivity contribution in [2.45, 2.75) is 90.6 Å². The number of aliphatic hydroxyl groups excluding tert-OH is 1. The number of unbranched alkanes of at least 4 members (excludes halogenated alkanes) is 9. The Morgan fingerprint density at radius 3 is 1.57 bits per heavy atom. The number of hydrogen-bond donors (Lipinski definition) is 1. The van der Waals surface area contributed by atoms with Crippen molar-refractivity contribution in [1.82, 2.24) is 0 Å². The Balaban J connectivity index is 0.000000856. The summed E-state index contributed by atoms with van der Waals surface area (Å²) < 4.78 is 68.2. The van der Waals surface area contributed by atoms with E-state index in [4.69, 9.17) is 4.74 Å². The minimum absolute atomic E-state index is 0.144. The monoisotopic (exact) mass is 758 g/mol. The predicted octanol–water partition coefficient (Wildman–Crippen LogP) is 6.31. The second kappa shape index (κ2) is 15.8. The van der Waals surface area contributed by atoms with E-state index in [0.717, 1.165) is 18.6 Å². The molecule has 214 valence electrons. The third kappa shape index (κ3) is 24.1. The molecule has 0 saturated heterocycles. The summed E-state index contributed by atoms with van der Waals surface area (Å²) in [5, 5.41) is 10.2. The fourth-order valence-electron chi connectivity index (χ4n) is 3.46. The second-order valence-corrected chi connectivity index (χ2v) is 17.7. The van der Waals surface area contributed by atoms with Crippen molar-refractivity contribution in [3.8, 4) is 5.75 Å². The van der Waals surface area contributed by atoms with Crippen molar-refractivity contribution in [1.29, 1.82) is 0 Å². The molecule has 0 aliphatic carbocycles. The normalized spacial score (nSPS) is 14.2.